The molecule has 51 heteroatoms. The smallest absolute Gasteiger partial charge is 0.217 e. The van der Waals surface area contributed by atoms with Gasteiger partial charge in [0.2, 0.25) is 23.6 Å². The van der Waals surface area contributed by atoms with Gasteiger partial charge in [0.15, 0.2) is 50.3 Å². The summed E-state index contributed by atoms with van der Waals surface area (Å²) in [6.07, 6.45) is -84.9. The molecule has 670 valence electrons. The van der Waals surface area contributed by atoms with Crippen LogP contribution < -0.4 is 21.3 Å². The van der Waals surface area contributed by atoms with E-state index in [2.05, 4.69) is 37.2 Å². The predicted molar refractivity (Wildman–Crippen MR) is 365 cm³/mol. The van der Waals surface area contributed by atoms with Crippen molar-refractivity contribution in [2.24, 2.45) is 0 Å². The number of rotatable bonds is 32. The molecular weight excluding hydrogens is 1650 g/mol. The van der Waals surface area contributed by atoms with Crippen LogP contribution in [0.5, 0.6) is 0 Å². The molecule has 0 aliphatic carbocycles. The maximum atomic E-state index is 13.1. The standard InChI is InChI=1S/C65H107BrN4O46/c1-16(79)67-31-21(5-20(83)6-66)101-26(11-75)51(40(31)89)110-58-32(68-17(2)80)41(90)54(29(14-78)106-58)113-63-50(99)55(114-65-57(47(96)38(87)25(10-74)105-65)116-60-34(70-19(4)82)43(92)53(28(13-77)108-60)112-62-49(98)45(94)36(85)23(8-72)103-62)39(88)30(109-63)15-100-64-56(46(95)37(86)24(9-73)104-64)115-59-33(69-18(3)81)42(91)52(27(12-76)107-59)111-61-48(97)44(93)35(84)22(7-71)102-61/h21-65,71-78,84-99H,5-15H2,1-4H3,(H,67,79)(H,68,80)(H,69,81)(H,70,82)/t21-,22?,23?,24?,25?,26?,27-,28?,29?,30?,31?,32?,33?,34?,35-,36?,37+,38+,39+,40+,41+,42?,43+,44-,45-,46-,47?,48?,49?,50?,51+,52+,53+,54+,55-,56?,57?,58-,59-,60-,61-,62-,63-,64-,65+/m0/s1. The number of alkyl halides is 1. The number of nitrogens with one attached hydrogen (secondary N) is 4. The second-order valence-corrected chi connectivity index (χ2v) is 29.7. The first-order chi connectivity index (χ1) is 54.9. The van der Waals surface area contributed by atoms with Gasteiger partial charge in [-0.05, 0) is 0 Å². The Hall–Kier alpha value is -3.61. The molecule has 4 amide bonds. The fraction of sp³-hybridized carbons (Fsp3) is 0.923. The monoisotopic (exact) mass is 1760 g/mol. The molecule has 0 aromatic carbocycles. The van der Waals surface area contributed by atoms with E-state index in [4.69, 9.17) is 80.5 Å². The number of carbonyl (C=O) groups excluding carboxylic acids is 5. The molecule has 0 radical (unpaired) electrons. The van der Waals surface area contributed by atoms with Crippen molar-refractivity contribution in [1.29, 1.82) is 0 Å². The van der Waals surface area contributed by atoms with Crippen molar-refractivity contribution >= 4 is 45.3 Å². The molecule has 9 aliphatic rings. The number of hydrogen-bond acceptors (Lipinski definition) is 46. The largest absolute Gasteiger partial charge is 0.394 e. The van der Waals surface area contributed by atoms with Gasteiger partial charge in [-0.1, -0.05) is 15.9 Å². The van der Waals surface area contributed by atoms with Crippen molar-refractivity contribution in [1.82, 2.24) is 21.3 Å². The highest BCUT2D eigenvalue weighted by Crippen LogP contribution is 2.40. The normalized spacial score (nSPS) is 47.6. The minimum atomic E-state index is -2.58. The SMILES string of the molecule is CC(=O)NC1C(O)[C@H](O[C@@H]2OC(CO)[C@H](O)[C@H](O)C2O)[C@H](CO)O[C@H]1OC1[C@@H](OCC2O[C@@H](O[C@@H]3C(CO)O[C@@H](O[C@@H]4C(CO)O[C@@H](CC(=O)CBr)C(NC(C)=O)[C@H]4O)C(NC(C)=O)[C@H]3O)C(O)[C@@H](O[C@H]3OC(CO)[C@@H](O)C(O)C3O[C@@H]3OC(CO)[C@@H](O[C@@H]4OC(CO)C(O)[C@H](O)C4O)[C@H](O)C3NC(C)=O)[C@@H]2O)OC(CO)[C@@H](O)[C@@H]1O. The third-order valence-corrected chi connectivity index (χ3v) is 21.7. The molecule has 116 heavy (non-hydrogen) atoms. The van der Waals surface area contributed by atoms with E-state index in [1.165, 1.54) is 0 Å². The van der Waals surface area contributed by atoms with E-state index in [1.807, 2.05) is 0 Å². The number of Topliss-reactive ketones (excluding diaryl/α,β-unsaturated/α-hetero) is 1. The number of hydrogen-bond donors (Lipinski definition) is 28. The molecule has 9 rings (SSSR count). The van der Waals surface area contributed by atoms with Crippen LogP contribution in [-0.4, -0.2) is 493 Å². The van der Waals surface area contributed by atoms with E-state index in [9.17, 15) is 147 Å². The summed E-state index contributed by atoms with van der Waals surface area (Å²) in [6.45, 7) is -5.92. The first-order valence-electron chi connectivity index (χ1n) is 37.0. The minimum Gasteiger partial charge on any atom is -0.394 e. The van der Waals surface area contributed by atoms with Gasteiger partial charge in [0.25, 0.3) is 0 Å². The number of amides is 4. The summed E-state index contributed by atoms with van der Waals surface area (Å²) in [5.41, 5.74) is 0. The molecule has 9 aliphatic heterocycles. The van der Waals surface area contributed by atoms with Gasteiger partial charge in [-0.25, -0.2) is 0 Å². The molecule has 0 saturated carbocycles. The van der Waals surface area contributed by atoms with Gasteiger partial charge in [-0.15, -0.1) is 0 Å². The topological polar surface area (TPSA) is 776 Å². The maximum Gasteiger partial charge on any atom is 0.217 e. The summed E-state index contributed by atoms with van der Waals surface area (Å²) in [4.78, 5) is 64.1. The van der Waals surface area contributed by atoms with E-state index in [0.717, 1.165) is 27.7 Å². The number of halogens is 1. The van der Waals surface area contributed by atoms with Gasteiger partial charge in [0.05, 0.1) is 76.9 Å². The zero-order valence-corrected chi connectivity index (χ0v) is 63.9. The fourth-order valence-electron chi connectivity index (χ4n) is 15.0. The molecule has 45 atom stereocenters. The average molecular weight is 1760 g/mol. The van der Waals surface area contributed by atoms with Crippen molar-refractivity contribution in [3.05, 3.63) is 0 Å². The summed E-state index contributed by atoms with van der Waals surface area (Å²) < 4.78 is 102. The molecule has 0 aromatic rings. The Morgan fingerprint density at radius 1 is 0.259 bits per heavy atom. The van der Waals surface area contributed by atoms with Crippen molar-refractivity contribution < 1.29 is 227 Å². The molecule has 0 spiro atoms. The molecule has 9 heterocycles. The first-order valence-corrected chi connectivity index (χ1v) is 38.1. The number of aliphatic hydroxyl groups excluding tert-OH is 24. The Morgan fingerprint density at radius 3 is 0.879 bits per heavy atom. The third kappa shape index (κ3) is 21.6. The van der Waals surface area contributed by atoms with Crippen LogP contribution in [0, 0.1) is 0 Å². The van der Waals surface area contributed by atoms with E-state index in [0.29, 0.717) is 0 Å². The van der Waals surface area contributed by atoms with Crippen LogP contribution in [0.2, 0.25) is 0 Å². The Morgan fingerprint density at radius 2 is 0.526 bits per heavy atom. The second-order valence-electron chi connectivity index (χ2n) is 29.2. The molecule has 20 unspecified atom stereocenters. The number of aliphatic hydroxyl groups is 24. The lowest BCUT2D eigenvalue weighted by atomic mass is 9.89. The van der Waals surface area contributed by atoms with Crippen molar-refractivity contribution in [2.45, 2.75) is 310 Å². The Balaban J connectivity index is 1.06. The molecule has 28 N–H and O–H groups in total. The number of ketones is 1. The average Bonchev–Trinajstić information content (AvgIpc) is 0.768. The van der Waals surface area contributed by atoms with Crippen molar-refractivity contribution in [3.8, 4) is 0 Å². The summed E-state index contributed by atoms with van der Waals surface area (Å²) in [7, 11) is 0. The zero-order valence-electron chi connectivity index (χ0n) is 62.4. The van der Waals surface area contributed by atoms with Crippen molar-refractivity contribution in [3.63, 3.8) is 0 Å². The summed E-state index contributed by atoms with van der Waals surface area (Å²) >= 11 is 3.04. The van der Waals surface area contributed by atoms with Gasteiger partial charge in [0.1, 0.15) is 219 Å². The van der Waals surface area contributed by atoms with Gasteiger partial charge in [0, 0.05) is 34.1 Å². The van der Waals surface area contributed by atoms with E-state index in [1.54, 1.807) is 0 Å². The molecule has 50 nitrogen and oxygen atoms in total. The third-order valence-electron chi connectivity index (χ3n) is 21.1. The predicted octanol–water partition coefficient (Wildman–Crippen LogP) is -18.6. The van der Waals surface area contributed by atoms with Gasteiger partial charge in [-0.3, -0.25) is 24.0 Å². The Labute approximate surface area is 666 Å². The summed E-state index contributed by atoms with van der Waals surface area (Å²) in [5, 5.41) is 277. The fourth-order valence-corrected chi connectivity index (χ4v) is 15.3. The number of ether oxygens (including phenoxy) is 17. The van der Waals surface area contributed by atoms with E-state index in [-0.39, 0.29) is 5.33 Å². The summed E-state index contributed by atoms with van der Waals surface area (Å²) in [6, 6.07) is -7.23. The molecule has 9 fully saturated rings. The minimum absolute atomic E-state index is 0.188. The van der Waals surface area contributed by atoms with Crippen LogP contribution in [0.15, 0.2) is 0 Å². The van der Waals surface area contributed by atoms with Crippen LogP contribution >= 0.6 is 15.9 Å². The number of carbonyl (C=O) groups is 5. The highest BCUT2D eigenvalue weighted by molar-refractivity contribution is 9.09. The van der Waals surface area contributed by atoms with Crippen LogP contribution in [0.4, 0.5) is 0 Å². The lowest BCUT2D eigenvalue weighted by Gasteiger charge is -2.51. The molecule has 0 aromatic heterocycles. The maximum absolute atomic E-state index is 13.1. The lowest BCUT2D eigenvalue weighted by Crippen LogP contribution is -2.71. The second kappa shape index (κ2) is 42.7. The van der Waals surface area contributed by atoms with E-state index < -0.39 is 371 Å². The summed E-state index contributed by atoms with van der Waals surface area (Å²) in [5.74, 6) is -4.02. The zero-order chi connectivity index (χ0) is 85.5. The first kappa shape index (κ1) is 96.2. The van der Waals surface area contributed by atoms with Gasteiger partial charge >= 0.3 is 0 Å². The van der Waals surface area contributed by atoms with Crippen molar-refractivity contribution in [2.75, 3.05) is 64.8 Å². The highest BCUT2D eigenvalue weighted by Gasteiger charge is 2.61. The Bertz CT molecular complexity index is 3120. The molecule has 0 bridgehead atoms. The van der Waals surface area contributed by atoms with Crippen LogP contribution in [-0.2, 0) is 104 Å². The van der Waals surface area contributed by atoms with Crippen LogP contribution in [0.1, 0.15) is 34.1 Å². The molecule has 9 saturated heterocycles. The quantitative estimate of drug-likeness (QED) is 0.0278. The van der Waals surface area contributed by atoms with Crippen LogP contribution in [0.25, 0.3) is 0 Å². The van der Waals surface area contributed by atoms with Gasteiger partial charge < -0.3 is 224 Å². The Kier molecular flexibility index (Phi) is 35.4. The highest BCUT2D eigenvalue weighted by atomic mass is 79.9. The lowest BCUT2D eigenvalue weighted by molar-refractivity contribution is -0.398. The van der Waals surface area contributed by atoms with Crippen LogP contribution in [0.3, 0.4) is 0 Å². The van der Waals surface area contributed by atoms with Gasteiger partial charge in [-0.2, -0.15) is 0 Å². The van der Waals surface area contributed by atoms with E-state index >= 15 is 0 Å². The molecular formula is C65H107BrN4O46.